The fraction of sp³-hybridized carbons (Fsp3) is 0.432. The van der Waals surface area contributed by atoms with Crippen molar-refractivity contribution in [3.05, 3.63) is 96.2 Å². The van der Waals surface area contributed by atoms with E-state index in [0.29, 0.717) is 23.7 Å². The summed E-state index contributed by atoms with van der Waals surface area (Å²) in [7, 11) is 0. The maximum atomic E-state index is 14.6. The summed E-state index contributed by atoms with van der Waals surface area (Å²) < 4.78 is 19.2. The zero-order valence-corrected chi connectivity index (χ0v) is 30.2. The standard InChI is InChI=1S/C44H45NO10/c46-22-32-38(35-29-21-24-7-3-2-6-23(24)20-25(29)8-15-31(35)45-32)54-41(50)39-40-43(51)30(14-17-34(49)44(43,52)55-39)28-13-16-33(48)36(37(28)53-40)42(18-4-1-5-19-42)26-9-11-27(47)12-10-26/h2-3,6-12,14-15,17,20-21,28,30,33-34,36-37,39-40,45-49,51-52H,1,4-5,13,16,18-19,22H2. The number of fused-ring (bicyclic) bond motifs is 6. The highest BCUT2D eigenvalue weighted by Gasteiger charge is 2.78. The molecular weight excluding hydrogens is 702 g/mol. The largest absolute Gasteiger partial charge is 0.508 e. The number of ether oxygens (including phenoxy) is 3. The summed E-state index contributed by atoms with van der Waals surface area (Å²) in [6.45, 7) is -0.473. The molecule has 11 heteroatoms. The number of benzene rings is 4. The van der Waals surface area contributed by atoms with Gasteiger partial charge in [-0.15, -0.1) is 0 Å². The highest BCUT2D eigenvalue weighted by molar-refractivity contribution is 6.14. The number of aromatic amines is 1. The van der Waals surface area contributed by atoms with Crippen LogP contribution in [-0.2, 0) is 26.3 Å². The number of carbonyl (C=O) groups is 1. The number of H-pyrrole nitrogens is 1. The van der Waals surface area contributed by atoms with E-state index in [1.807, 2.05) is 60.7 Å². The molecule has 3 aliphatic carbocycles. The van der Waals surface area contributed by atoms with Crippen molar-refractivity contribution < 1.29 is 49.6 Å². The van der Waals surface area contributed by atoms with E-state index in [0.717, 1.165) is 59.2 Å². The molecule has 4 fully saturated rings. The summed E-state index contributed by atoms with van der Waals surface area (Å²) in [5.74, 6) is -5.00. The third-order valence-electron chi connectivity index (χ3n) is 13.8. The molecule has 10 unspecified atom stereocenters. The van der Waals surface area contributed by atoms with Crippen LogP contribution in [0, 0.1) is 17.8 Å². The minimum absolute atomic E-state index is 0.0872. The first kappa shape index (κ1) is 35.1. The Bertz CT molecular complexity index is 2350. The van der Waals surface area contributed by atoms with Gasteiger partial charge in [-0.25, -0.2) is 4.79 Å². The van der Waals surface area contributed by atoms with Gasteiger partial charge in [-0.2, -0.15) is 0 Å². The topological polar surface area (TPSA) is 182 Å². The van der Waals surface area contributed by atoms with E-state index in [1.54, 1.807) is 18.2 Å². The normalized spacial score (nSPS) is 35.1. The minimum Gasteiger partial charge on any atom is -0.508 e. The Morgan fingerprint density at radius 1 is 0.891 bits per heavy atom. The lowest BCUT2D eigenvalue weighted by Gasteiger charge is -2.60. The summed E-state index contributed by atoms with van der Waals surface area (Å²) >= 11 is 0. The predicted molar refractivity (Wildman–Crippen MR) is 202 cm³/mol. The van der Waals surface area contributed by atoms with Gasteiger partial charge in [0.05, 0.1) is 35.4 Å². The molecule has 10 atom stereocenters. The van der Waals surface area contributed by atoms with E-state index < -0.39 is 77.7 Å². The number of hydrogen-bond donors (Lipinski definition) is 7. The van der Waals surface area contributed by atoms with E-state index >= 15 is 0 Å². The van der Waals surface area contributed by atoms with Gasteiger partial charge in [0.25, 0.3) is 0 Å². The second-order valence-electron chi connectivity index (χ2n) is 16.5. The summed E-state index contributed by atoms with van der Waals surface area (Å²) in [4.78, 5) is 17.8. The number of phenols is 1. The number of aromatic nitrogens is 1. The Kier molecular flexibility index (Phi) is 8.04. The molecule has 3 heterocycles. The van der Waals surface area contributed by atoms with Gasteiger partial charge in [0.1, 0.15) is 18.0 Å². The van der Waals surface area contributed by atoms with Crippen molar-refractivity contribution in [2.24, 2.45) is 17.8 Å². The van der Waals surface area contributed by atoms with Crippen LogP contribution >= 0.6 is 0 Å². The molecule has 0 amide bonds. The van der Waals surface area contributed by atoms with Gasteiger partial charge in [-0.05, 0) is 89.0 Å². The molecule has 55 heavy (non-hydrogen) atoms. The smallest absolute Gasteiger partial charge is 0.343 e. The maximum Gasteiger partial charge on any atom is 0.343 e. The monoisotopic (exact) mass is 747 g/mol. The van der Waals surface area contributed by atoms with Crippen molar-refractivity contribution in [2.45, 2.75) is 98.9 Å². The Balaban J connectivity index is 1.07. The van der Waals surface area contributed by atoms with E-state index in [2.05, 4.69) is 4.98 Å². The quantitative estimate of drug-likeness (QED) is 0.0735. The van der Waals surface area contributed by atoms with Gasteiger partial charge in [0.2, 0.25) is 5.79 Å². The van der Waals surface area contributed by atoms with E-state index in [9.17, 15) is 35.4 Å². The Hall–Kier alpha value is -4.33. The first-order valence-corrected chi connectivity index (χ1v) is 19.5. The van der Waals surface area contributed by atoms with Crippen LogP contribution in [0.4, 0.5) is 0 Å². The van der Waals surface area contributed by atoms with Crippen LogP contribution < -0.4 is 4.74 Å². The van der Waals surface area contributed by atoms with Crippen LogP contribution in [0.25, 0.3) is 32.4 Å². The fourth-order valence-electron chi connectivity index (χ4n) is 11.4. The van der Waals surface area contributed by atoms with Crippen LogP contribution in [0.2, 0.25) is 0 Å². The average molecular weight is 748 g/mol. The van der Waals surface area contributed by atoms with Crippen LogP contribution in [-0.4, -0.2) is 83.5 Å². The first-order valence-electron chi connectivity index (χ1n) is 19.5. The molecule has 2 saturated heterocycles. The maximum absolute atomic E-state index is 14.6. The third kappa shape index (κ3) is 4.91. The summed E-state index contributed by atoms with van der Waals surface area (Å²) in [6, 6.07) is 22.9. The number of aliphatic hydroxyl groups excluding tert-OH is 3. The molecule has 0 spiro atoms. The lowest BCUT2D eigenvalue weighted by molar-refractivity contribution is -0.340. The molecule has 286 valence electrons. The fourth-order valence-corrected chi connectivity index (χ4v) is 11.4. The number of hydrogen-bond acceptors (Lipinski definition) is 10. The molecule has 1 aromatic heterocycles. The summed E-state index contributed by atoms with van der Waals surface area (Å²) in [6.07, 6.45) is 2.16. The molecule has 2 saturated carbocycles. The molecule has 7 N–H and O–H groups in total. The van der Waals surface area contributed by atoms with Crippen molar-refractivity contribution in [3.63, 3.8) is 0 Å². The highest BCUT2D eigenvalue weighted by Crippen LogP contribution is 2.62. The molecule has 0 radical (unpaired) electrons. The SMILES string of the molecule is O=C(Oc1c(CO)[nH]c2ccc3cc4ccccc4cc3c12)C1OC2(O)C(O)C=CC3C4CCC(O)C(C5(c6ccc(O)cc6)CCCCC5)C4OC1C32O. The molecule has 5 aromatic rings. The van der Waals surface area contributed by atoms with E-state index in [1.165, 1.54) is 6.08 Å². The van der Waals surface area contributed by atoms with Gasteiger partial charge < -0.3 is 49.8 Å². The molecule has 4 aromatic carbocycles. The number of phenolic OH excluding ortho intramolecular Hbond substituents is 1. The zero-order chi connectivity index (χ0) is 37.9. The average Bonchev–Trinajstić information content (AvgIpc) is 3.67. The number of rotatable bonds is 5. The van der Waals surface area contributed by atoms with Crippen molar-refractivity contribution in [1.29, 1.82) is 0 Å². The second-order valence-corrected chi connectivity index (χ2v) is 16.5. The minimum atomic E-state index is -2.61. The Morgan fingerprint density at radius 3 is 2.38 bits per heavy atom. The van der Waals surface area contributed by atoms with Crippen LogP contribution in [0.15, 0.2) is 84.9 Å². The van der Waals surface area contributed by atoms with Crippen molar-refractivity contribution in [2.75, 3.05) is 0 Å². The number of carbonyl (C=O) groups excluding carboxylic acids is 1. The number of nitrogens with one attached hydrogen (secondary N) is 1. The summed E-state index contributed by atoms with van der Waals surface area (Å²) in [5, 5.41) is 73.0. The first-order chi connectivity index (χ1) is 26.6. The molecular formula is C44H45NO10. The van der Waals surface area contributed by atoms with Gasteiger partial charge >= 0.3 is 5.97 Å². The van der Waals surface area contributed by atoms with Gasteiger partial charge in [0, 0.05) is 17.3 Å². The lowest BCUT2D eigenvalue weighted by atomic mass is 9.51. The molecule has 5 aliphatic rings. The van der Waals surface area contributed by atoms with Crippen LogP contribution in [0.5, 0.6) is 11.5 Å². The van der Waals surface area contributed by atoms with Crippen LogP contribution in [0.3, 0.4) is 0 Å². The predicted octanol–water partition coefficient (Wildman–Crippen LogP) is 5.00. The number of aliphatic hydroxyl groups is 5. The molecule has 2 aliphatic heterocycles. The van der Waals surface area contributed by atoms with E-state index in [-0.39, 0.29) is 17.2 Å². The van der Waals surface area contributed by atoms with E-state index in [4.69, 9.17) is 14.2 Å². The highest BCUT2D eigenvalue weighted by atomic mass is 16.7. The van der Waals surface area contributed by atoms with Crippen molar-refractivity contribution in [3.8, 4) is 11.5 Å². The van der Waals surface area contributed by atoms with Crippen LogP contribution in [0.1, 0.15) is 56.2 Å². The number of esters is 1. The lowest BCUT2D eigenvalue weighted by Crippen LogP contribution is -2.74. The molecule has 11 nitrogen and oxygen atoms in total. The van der Waals surface area contributed by atoms with Gasteiger partial charge in [-0.3, -0.25) is 0 Å². The van der Waals surface area contributed by atoms with Crippen molar-refractivity contribution >= 4 is 38.4 Å². The number of aromatic hydroxyl groups is 1. The molecule has 0 bridgehead atoms. The van der Waals surface area contributed by atoms with Crippen molar-refractivity contribution in [1.82, 2.24) is 4.98 Å². The second kappa shape index (κ2) is 12.6. The third-order valence-corrected chi connectivity index (χ3v) is 13.8. The van der Waals surface area contributed by atoms with Gasteiger partial charge in [0.15, 0.2) is 17.5 Å². The Morgan fingerprint density at radius 2 is 1.64 bits per heavy atom. The molecule has 10 rings (SSSR count). The van der Waals surface area contributed by atoms with Gasteiger partial charge in [-0.1, -0.05) is 73.9 Å². The summed E-state index contributed by atoms with van der Waals surface area (Å²) in [5.41, 5.74) is -0.901. The zero-order valence-electron chi connectivity index (χ0n) is 30.2. The Labute approximate surface area is 316 Å².